The lowest BCUT2D eigenvalue weighted by Gasteiger charge is -2.29. The molecular formula is C18H19N5O3. The summed E-state index contributed by atoms with van der Waals surface area (Å²) in [7, 11) is 0. The number of carbonyl (C=O) groups excluding carboxylic acids is 1. The molecule has 2 aromatic heterocycles. The van der Waals surface area contributed by atoms with Gasteiger partial charge >= 0.3 is 5.69 Å². The summed E-state index contributed by atoms with van der Waals surface area (Å²) in [6.45, 7) is 2.92. The Balaban J connectivity index is 1.47. The number of pyridine rings is 1. The van der Waals surface area contributed by atoms with Gasteiger partial charge in [0.25, 0.3) is 0 Å². The summed E-state index contributed by atoms with van der Waals surface area (Å²) < 4.78 is 7.94. The van der Waals surface area contributed by atoms with Gasteiger partial charge in [-0.25, -0.2) is 9.48 Å². The van der Waals surface area contributed by atoms with Gasteiger partial charge in [0, 0.05) is 30.7 Å². The van der Waals surface area contributed by atoms with Crippen LogP contribution in [0.15, 0.2) is 53.5 Å². The van der Waals surface area contributed by atoms with Crippen LogP contribution in [0.1, 0.15) is 0 Å². The van der Waals surface area contributed by atoms with Crippen LogP contribution in [0, 0.1) is 0 Å². The number of hydrogen-bond acceptors (Lipinski definition) is 5. The quantitative estimate of drug-likeness (QED) is 0.756. The third-order valence-corrected chi connectivity index (χ3v) is 4.29. The van der Waals surface area contributed by atoms with E-state index in [0.29, 0.717) is 24.5 Å². The van der Waals surface area contributed by atoms with Gasteiger partial charge in [-0.2, -0.15) is 0 Å². The summed E-state index contributed by atoms with van der Waals surface area (Å²) in [6, 6.07) is 12.9. The Morgan fingerprint density at radius 2 is 2.00 bits per heavy atom. The van der Waals surface area contributed by atoms with Crippen LogP contribution in [0.3, 0.4) is 0 Å². The van der Waals surface area contributed by atoms with E-state index in [2.05, 4.69) is 15.3 Å². The van der Waals surface area contributed by atoms with E-state index in [4.69, 9.17) is 4.74 Å². The van der Waals surface area contributed by atoms with Gasteiger partial charge in [-0.3, -0.25) is 9.20 Å². The highest BCUT2D eigenvalue weighted by molar-refractivity contribution is 5.91. The number of nitrogens with zero attached hydrogens (tertiary/aromatic N) is 4. The lowest BCUT2D eigenvalue weighted by atomic mass is 10.2. The van der Waals surface area contributed by atoms with Crippen LogP contribution < -0.4 is 15.9 Å². The molecule has 1 N–H and O–H groups in total. The van der Waals surface area contributed by atoms with Crippen molar-refractivity contribution in [2.45, 2.75) is 6.54 Å². The molecule has 3 heterocycles. The van der Waals surface area contributed by atoms with Crippen LogP contribution in [0.5, 0.6) is 0 Å². The topological polar surface area (TPSA) is 80.9 Å². The number of benzene rings is 1. The molecule has 0 saturated carbocycles. The fraction of sp³-hybridized carbons (Fsp3) is 0.278. The van der Waals surface area contributed by atoms with Crippen molar-refractivity contribution in [3.63, 3.8) is 0 Å². The standard InChI is InChI=1S/C18H19N5O3/c24-17(13-23-18(25)22-7-2-1-6-16(22)20-23)19-14-4-3-5-15(12-14)21-8-10-26-11-9-21/h1-7,12H,8-11,13H2,(H,19,24). The van der Waals surface area contributed by atoms with Crippen molar-refractivity contribution >= 4 is 22.9 Å². The van der Waals surface area contributed by atoms with Gasteiger partial charge in [0.1, 0.15) is 6.54 Å². The van der Waals surface area contributed by atoms with Crippen molar-refractivity contribution in [3.05, 3.63) is 59.1 Å². The number of carbonyl (C=O) groups is 1. The second-order valence-corrected chi connectivity index (χ2v) is 6.07. The Morgan fingerprint density at radius 1 is 1.15 bits per heavy atom. The number of aromatic nitrogens is 3. The first kappa shape index (κ1) is 16.3. The fourth-order valence-corrected chi connectivity index (χ4v) is 3.01. The molecule has 1 aliphatic heterocycles. The summed E-state index contributed by atoms with van der Waals surface area (Å²) in [4.78, 5) is 26.8. The van der Waals surface area contributed by atoms with E-state index in [1.54, 1.807) is 24.4 Å². The summed E-state index contributed by atoms with van der Waals surface area (Å²) in [5, 5.41) is 7.00. The Kier molecular flexibility index (Phi) is 4.40. The number of rotatable bonds is 4. The third-order valence-electron chi connectivity index (χ3n) is 4.29. The van der Waals surface area contributed by atoms with Gasteiger partial charge in [0.05, 0.1) is 13.2 Å². The van der Waals surface area contributed by atoms with E-state index in [1.807, 2.05) is 24.3 Å². The van der Waals surface area contributed by atoms with Gasteiger partial charge in [0.2, 0.25) is 5.91 Å². The third kappa shape index (κ3) is 3.31. The molecule has 0 aliphatic carbocycles. The van der Waals surface area contributed by atoms with Crippen LogP contribution in [0.4, 0.5) is 11.4 Å². The first-order chi connectivity index (χ1) is 12.7. The molecule has 0 spiro atoms. The number of morpholine rings is 1. The van der Waals surface area contributed by atoms with Crippen LogP contribution >= 0.6 is 0 Å². The van der Waals surface area contributed by atoms with Crippen molar-refractivity contribution in [1.29, 1.82) is 0 Å². The molecule has 3 aromatic rings. The van der Waals surface area contributed by atoms with Crippen molar-refractivity contribution in [2.24, 2.45) is 0 Å². The molecule has 1 amide bonds. The fourth-order valence-electron chi connectivity index (χ4n) is 3.01. The molecule has 4 rings (SSSR count). The van der Waals surface area contributed by atoms with Gasteiger partial charge in [-0.1, -0.05) is 12.1 Å². The lowest BCUT2D eigenvalue weighted by molar-refractivity contribution is -0.117. The Bertz CT molecular complexity index is 988. The van der Waals surface area contributed by atoms with E-state index >= 15 is 0 Å². The molecule has 26 heavy (non-hydrogen) atoms. The molecule has 8 heteroatoms. The lowest BCUT2D eigenvalue weighted by Crippen LogP contribution is -2.36. The average Bonchev–Trinajstić information content (AvgIpc) is 2.98. The smallest absolute Gasteiger partial charge is 0.350 e. The van der Waals surface area contributed by atoms with Gasteiger partial charge in [-0.15, -0.1) is 5.10 Å². The number of anilines is 2. The normalized spacial score (nSPS) is 14.5. The minimum absolute atomic E-state index is 0.137. The Hall–Kier alpha value is -3.13. The van der Waals surface area contributed by atoms with E-state index in [9.17, 15) is 9.59 Å². The largest absolute Gasteiger partial charge is 0.378 e. The Morgan fingerprint density at radius 3 is 2.81 bits per heavy atom. The molecule has 0 radical (unpaired) electrons. The molecule has 134 valence electrons. The molecule has 0 atom stereocenters. The molecule has 1 aliphatic rings. The van der Waals surface area contributed by atoms with Crippen LogP contribution in [-0.4, -0.2) is 46.4 Å². The highest BCUT2D eigenvalue weighted by Crippen LogP contribution is 2.20. The van der Waals surface area contributed by atoms with Crippen molar-refractivity contribution in [1.82, 2.24) is 14.2 Å². The SMILES string of the molecule is O=C(Cn1nc2ccccn2c1=O)Nc1cccc(N2CCOCC2)c1. The summed E-state index contributed by atoms with van der Waals surface area (Å²) in [5.41, 5.74) is 1.91. The maximum atomic E-state index is 12.3. The summed E-state index contributed by atoms with van der Waals surface area (Å²) in [6.07, 6.45) is 1.63. The van der Waals surface area contributed by atoms with Crippen molar-refractivity contribution in [2.75, 3.05) is 36.5 Å². The van der Waals surface area contributed by atoms with Crippen LogP contribution in [0.25, 0.3) is 5.65 Å². The second kappa shape index (κ2) is 7.01. The van der Waals surface area contributed by atoms with Crippen LogP contribution in [-0.2, 0) is 16.1 Å². The molecule has 1 saturated heterocycles. The van der Waals surface area contributed by atoms with Crippen molar-refractivity contribution < 1.29 is 9.53 Å². The monoisotopic (exact) mass is 353 g/mol. The molecular weight excluding hydrogens is 334 g/mol. The zero-order valence-electron chi connectivity index (χ0n) is 14.2. The maximum absolute atomic E-state index is 12.3. The predicted octanol–water partition coefficient (Wildman–Crippen LogP) is 0.971. The first-order valence-corrected chi connectivity index (χ1v) is 8.47. The second-order valence-electron chi connectivity index (χ2n) is 6.07. The van der Waals surface area contributed by atoms with Crippen molar-refractivity contribution in [3.8, 4) is 0 Å². The molecule has 1 fully saturated rings. The van der Waals surface area contributed by atoms with E-state index in [-0.39, 0.29) is 18.1 Å². The van der Waals surface area contributed by atoms with E-state index < -0.39 is 0 Å². The van der Waals surface area contributed by atoms with Gasteiger partial charge < -0.3 is 15.0 Å². The summed E-state index contributed by atoms with van der Waals surface area (Å²) >= 11 is 0. The minimum Gasteiger partial charge on any atom is -0.378 e. The van der Waals surface area contributed by atoms with Gasteiger partial charge in [-0.05, 0) is 30.3 Å². The molecule has 1 aromatic carbocycles. The zero-order chi connectivity index (χ0) is 17.9. The first-order valence-electron chi connectivity index (χ1n) is 8.47. The Labute approximate surface area is 149 Å². The van der Waals surface area contributed by atoms with Crippen LogP contribution in [0.2, 0.25) is 0 Å². The van der Waals surface area contributed by atoms with Gasteiger partial charge in [0.15, 0.2) is 5.65 Å². The number of fused-ring (bicyclic) bond motifs is 1. The number of hydrogen-bond donors (Lipinski definition) is 1. The molecule has 8 nitrogen and oxygen atoms in total. The molecule has 0 bridgehead atoms. The highest BCUT2D eigenvalue weighted by Gasteiger charge is 2.13. The highest BCUT2D eigenvalue weighted by atomic mass is 16.5. The zero-order valence-corrected chi connectivity index (χ0v) is 14.2. The number of nitrogens with one attached hydrogen (secondary N) is 1. The maximum Gasteiger partial charge on any atom is 0.350 e. The van der Waals surface area contributed by atoms with E-state index in [0.717, 1.165) is 23.5 Å². The number of amides is 1. The summed E-state index contributed by atoms with van der Waals surface area (Å²) in [5.74, 6) is -0.297. The minimum atomic E-state index is -0.335. The van der Waals surface area contributed by atoms with E-state index in [1.165, 1.54) is 4.40 Å². The molecule has 0 unspecified atom stereocenters. The predicted molar refractivity (Wildman–Crippen MR) is 97.6 cm³/mol. The number of ether oxygens (including phenoxy) is 1. The average molecular weight is 353 g/mol.